The summed E-state index contributed by atoms with van der Waals surface area (Å²) in [6.07, 6.45) is 1.03. The molecule has 0 aliphatic heterocycles. The number of ether oxygens (including phenoxy) is 1. The number of amides is 1. The summed E-state index contributed by atoms with van der Waals surface area (Å²) < 4.78 is 11.2. The third-order valence-corrected chi connectivity index (χ3v) is 3.99. The molecule has 0 fully saturated rings. The molecule has 0 saturated heterocycles. The molecule has 2 aromatic carbocycles. The Kier molecular flexibility index (Phi) is 5.39. The van der Waals surface area contributed by atoms with Crippen LogP contribution in [0.3, 0.4) is 0 Å². The molecule has 1 aromatic heterocycles. The van der Waals surface area contributed by atoms with E-state index in [4.69, 9.17) is 9.15 Å². The lowest BCUT2D eigenvalue weighted by Crippen LogP contribution is -2.35. The zero-order chi connectivity index (χ0) is 17.6. The fourth-order valence-corrected chi connectivity index (χ4v) is 2.87. The molecule has 1 atom stereocenters. The number of furan rings is 1. The molecule has 4 nitrogen and oxygen atoms in total. The zero-order valence-electron chi connectivity index (χ0n) is 14.6. The van der Waals surface area contributed by atoms with Gasteiger partial charge in [-0.05, 0) is 43.7 Å². The highest BCUT2D eigenvalue weighted by Gasteiger charge is 2.12. The van der Waals surface area contributed by atoms with Gasteiger partial charge in [0.15, 0.2) is 0 Å². The summed E-state index contributed by atoms with van der Waals surface area (Å²) in [5, 5.41) is 4.12. The van der Waals surface area contributed by atoms with E-state index < -0.39 is 0 Å². The highest BCUT2D eigenvalue weighted by Crippen LogP contribution is 2.20. The predicted molar refractivity (Wildman–Crippen MR) is 98.8 cm³/mol. The van der Waals surface area contributed by atoms with E-state index in [1.807, 2.05) is 68.4 Å². The number of hydrogen-bond acceptors (Lipinski definition) is 3. The summed E-state index contributed by atoms with van der Waals surface area (Å²) in [6, 6.07) is 17.6. The summed E-state index contributed by atoms with van der Waals surface area (Å²) in [7, 11) is 0. The van der Waals surface area contributed by atoms with E-state index >= 15 is 0 Å². The van der Waals surface area contributed by atoms with Crippen LogP contribution in [0.5, 0.6) is 5.75 Å². The minimum atomic E-state index is 0.00720. The number of hydrogen-bond donors (Lipinski definition) is 1. The first-order chi connectivity index (χ1) is 12.1. The number of carbonyl (C=O) groups is 1. The SMILES string of the molecule is CCOc1ccc(CC(=O)N[C@@H](C)Cc2cc3ccccc3o2)cc1. The van der Waals surface area contributed by atoms with Crippen LogP contribution < -0.4 is 10.1 Å². The molecule has 0 bridgehead atoms. The molecule has 0 spiro atoms. The van der Waals surface area contributed by atoms with Gasteiger partial charge in [-0.25, -0.2) is 0 Å². The Balaban J connectivity index is 1.53. The van der Waals surface area contributed by atoms with Gasteiger partial charge in [-0.2, -0.15) is 0 Å². The average molecular weight is 337 g/mol. The Bertz CT molecular complexity index is 803. The Morgan fingerprint density at radius 2 is 1.92 bits per heavy atom. The molecule has 1 heterocycles. The van der Waals surface area contributed by atoms with Crippen molar-refractivity contribution in [2.75, 3.05) is 6.61 Å². The van der Waals surface area contributed by atoms with Gasteiger partial charge in [0.2, 0.25) is 5.91 Å². The van der Waals surface area contributed by atoms with Crippen LogP contribution in [0.1, 0.15) is 25.2 Å². The van der Waals surface area contributed by atoms with Crippen LogP contribution in [0.15, 0.2) is 59.0 Å². The van der Waals surface area contributed by atoms with Gasteiger partial charge < -0.3 is 14.5 Å². The van der Waals surface area contributed by atoms with Gasteiger partial charge in [0, 0.05) is 17.8 Å². The molecule has 25 heavy (non-hydrogen) atoms. The van der Waals surface area contributed by atoms with Crippen molar-refractivity contribution in [3.63, 3.8) is 0 Å². The summed E-state index contributed by atoms with van der Waals surface area (Å²) >= 11 is 0. The zero-order valence-corrected chi connectivity index (χ0v) is 14.6. The molecule has 0 aliphatic rings. The summed E-state index contributed by atoms with van der Waals surface area (Å²) in [4.78, 5) is 12.2. The van der Waals surface area contributed by atoms with Crippen molar-refractivity contribution in [1.82, 2.24) is 5.32 Å². The maximum atomic E-state index is 12.2. The molecule has 0 saturated carbocycles. The molecule has 130 valence electrons. The van der Waals surface area contributed by atoms with E-state index in [9.17, 15) is 4.79 Å². The molecular weight excluding hydrogens is 314 g/mol. The second-order valence-electron chi connectivity index (χ2n) is 6.18. The van der Waals surface area contributed by atoms with Gasteiger partial charge in [0.05, 0.1) is 13.0 Å². The lowest BCUT2D eigenvalue weighted by molar-refractivity contribution is -0.121. The van der Waals surface area contributed by atoms with Gasteiger partial charge in [0.1, 0.15) is 17.1 Å². The third-order valence-electron chi connectivity index (χ3n) is 3.99. The molecule has 3 rings (SSSR count). The van der Waals surface area contributed by atoms with E-state index in [1.54, 1.807) is 0 Å². The molecular formula is C21H23NO3. The van der Waals surface area contributed by atoms with E-state index in [0.29, 0.717) is 19.4 Å². The van der Waals surface area contributed by atoms with Crippen LogP contribution in [-0.2, 0) is 17.6 Å². The Morgan fingerprint density at radius 1 is 1.16 bits per heavy atom. The number of carbonyl (C=O) groups excluding carboxylic acids is 1. The van der Waals surface area contributed by atoms with Crippen LogP contribution in [-0.4, -0.2) is 18.6 Å². The molecule has 1 N–H and O–H groups in total. The van der Waals surface area contributed by atoms with E-state index in [2.05, 4.69) is 5.32 Å². The monoisotopic (exact) mass is 337 g/mol. The second kappa shape index (κ2) is 7.88. The molecule has 3 aromatic rings. The van der Waals surface area contributed by atoms with E-state index in [-0.39, 0.29) is 11.9 Å². The second-order valence-corrected chi connectivity index (χ2v) is 6.18. The first-order valence-corrected chi connectivity index (χ1v) is 8.62. The maximum Gasteiger partial charge on any atom is 0.224 e. The molecule has 0 unspecified atom stereocenters. The molecule has 1 amide bonds. The largest absolute Gasteiger partial charge is 0.494 e. The van der Waals surface area contributed by atoms with Gasteiger partial charge >= 0.3 is 0 Å². The predicted octanol–water partition coefficient (Wildman–Crippen LogP) is 4.12. The minimum Gasteiger partial charge on any atom is -0.494 e. The van der Waals surface area contributed by atoms with Crippen molar-refractivity contribution in [3.8, 4) is 5.75 Å². The lowest BCUT2D eigenvalue weighted by Gasteiger charge is -2.12. The highest BCUT2D eigenvalue weighted by atomic mass is 16.5. The summed E-state index contributed by atoms with van der Waals surface area (Å²) in [5.41, 5.74) is 1.85. The van der Waals surface area contributed by atoms with Gasteiger partial charge in [-0.1, -0.05) is 30.3 Å². The van der Waals surface area contributed by atoms with E-state index in [1.165, 1.54) is 0 Å². The normalized spacial score (nSPS) is 12.1. The number of rotatable bonds is 7. The van der Waals surface area contributed by atoms with Crippen molar-refractivity contribution in [2.45, 2.75) is 32.7 Å². The molecule has 4 heteroatoms. The van der Waals surface area contributed by atoms with Gasteiger partial charge in [0.25, 0.3) is 0 Å². The molecule has 0 radical (unpaired) electrons. The number of benzene rings is 2. The Hall–Kier alpha value is -2.75. The lowest BCUT2D eigenvalue weighted by atomic mass is 10.1. The van der Waals surface area contributed by atoms with Crippen LogP contribution >= 0.6 is 0 Å². The van der Waals surface area contributed by atoms with Crippen LogP contribution in [0.2, 0.25) is 0 Å². The quantitative estimate of drug-likeness (QED) is 0.705. The Labute approximate surface area is 147 Å². The first kappa shape index (κ1) is 17.1. The standard InChI is InChI=1S/C21H23NO3/c1-3-24-18-10-8-16(9-11-18)13-21(23)22-15(2)12-19-14-17-6-4-5-7-20(17)25-19/h4-11,14-15H,3,12-13H2,1-2H3,(H,22,23)/t15-/m0/s1. The highest BCUT2D eigenvalue weighted by molar-refractivity contribution is 5.79. The first-order valence-electron chi connectivity index (χ1n) is 8.62. The fraction of sp³-hybridized carbons (Fsp3) is 0.286. The average Bonchev–Trinajstić information content (AvgIpc) is 2.98. The number of fused-ring (bicyclic) bond motifs is 1. The van der Waals surface area contributed by atoms with Gasteiger partial charge in [-0.15, -0.1) is 0 Å². The van der Waals surface area contributed by atoms with Crippen molar-refractivity contribution < 1.29 is 13.9 Å². The molecule has 0 aliphatic carbocycles. The van der Waals surface area contributed by atoms with Crippen LogP contribution in [0, 0.1) is 0 Å². The van der Waals surface area contributed by atoms with Crippen molar-refractivity contribution in [2.24, 2.45) is 0 Å². The smallest absolute Gasteiger partial charge is 0.224 e. The van der Waals surface area contributed by atoms with Crippen molar-refractivity contribution in [3.05, 3.63) is 65.9 Å². The van der Waals surface area contributed by atoms with E-state index in [0.717, 1.165) is 28.0 Å². The number of nitrogens with one attached hydrogen (secondary N) is 1. The van der Waals surface area contributed by atoms with Crippen LogP contribution in [0.25, 0.3) is 11.0 Å². The van der Waals surface area contributed by atoms with Crippen LogP contribution in [0.4, 0.5) is 0 Å². The summed E-state index contributed by atoms with van der Waals surface area (Å²) in [5.74, 6) is 1.72. The topological polar surface area (TPSA) is 51.5 Å². The number of para-hydroxylation sites is 1. The Morgan fingerprint density at radius 3 is 2.64 bits per heavy atom. The fourth-order valence-electron chi connectivity index (χ4n) is 2.87. The van der Waals surface area contributed by atoms with Crippen molar-refractivity contribution in [1.29, 1.82) is 0 Å². The maximum absolute atomic E-state index is 12.2. The third kappa shape index (κ3) is 4.63. The van der Waals surface area contributed by atoms with Crippen molar-refractivity contribution >= 4 is 16.9 Å². The van der Waals surface area contributed by atoms with Gasteiger partial charge in [-0.3, -0.25) is 4.79 Å². The summed E-state index contributed by atoms with van der Waals surface area (Å²) in [6.45, 7) is 4.58. The minimum absolute atomic E-state index is 0.00720.